The number of nitrogens with two attached hydrogens (primary N) is 1. The van der Waals surface area contributed by atoms with Crippen molar-refractivity contribution in [3.05, 3.63) is 49.1 Å². The van der Waals surface area contributed by atoms with Crippen molar-refractivity contribution in [3.8, 4) is 17.2 Å². The van der Waals surface area contributed by atoms with Crippen molar-refractivity contribution in [2.75, 3.05) is 0 Å². The predicted octanol–water partition coefficient (Wildman–Crippen LogP) is 4.28. The minimum absolute atomic E-state index is 0.149. The molecular weight excluding hydrogens is 480 g/mol. The molecule has 5 heteroatoms. The van der Waals surface area contributed by atoms with E-state index in [1.165, 1.54) is 5.56 Å². The Morgan fingerprint density at radius 3 is 2.50 bits per heavy atom. The predicted molar refractivity (Wildman–Crippen MR) is 97.4 cm³/mol. The molecule has 2 aromatic rings. The van der Waals surface area contributed by atoms with Crippen molar-refractivity contribution in [1.82, 2.24) is 0 Å². The van der Waals surface area contributed by atoms with Crippen molar-refractivity contribution in [3.63, 3.8) is 0 Å². The molecule has 1 atom stereocenters. The molecular formula is C15H15I2NO2. The van der Waals surface area contributed by atoms with Crippen LogP contribution < -0.4 is 10.5 Å². The van der Waals surface area contributed by atoms with Gasteiger partial charge in [-0.2, -0.15) is 0 Å². The maximum Gasteiger partial charge on any atom is 0.140 e. The molecule has 0 unspecified atom stereocenters. The highest BCUT2D eigenvalue weighted by Gasteiger charge is 2.07. The van der Waals surface area contributed by atoms with Gasteiger partial charge in [-0.3, -0.25) is 0 Å². The van der Waals surface area contributed by atoms with E-state index in [0.717, 1.165) is 19.3 Å². The van der Waals surface area contributed by atoms with Gasteiger partial charge in [-0.1, -0.05) is 6.07 Å². The van der Waals surface area contributed by atoms with Crippen LogP contribution in [0.5, 0.6) is 17.2 Å². The molecule has 106 valence electrons. The van der Waals surface area contributed by atoms with Gasteiger partial charge >= 0.3 is 0 Å². The first-order valence-corrected chi connectivity index (χ1v) is 8.32. The molecule has 0 aromatic heterocycles. The van der Waals surface area contributed by atoms with Gasteiger partial charge in [0, 0.05) is 6.04 Å². The van der Waals surface area contributed by atoms with Gasteiger partial charge < -0.3 is 15.6 Å². The lowest BCUT2D eigenvalue weighted by Crippen LogP contribution is -2.17. The van der Waals surface area contributed by atoms with Crippen molar-refractivity contribution in [2.45, 2.75) is 19.4 Å². The maximum absolute atomic E-state index is 9.51. The Balaban J connectivity index is 2.19. The summed E-state index contributed by atoms with van der Waals surface area (Å²) in [5.74, 6) is 1.78. The summed E-state index contributed by atoms with van der Waals surface area (Å²) in [7, 11) is 0. The van der Waals surface area contributed by atoms with E-state index in [1.807, 2.05) is 25.1 Å². The quantitative estimate of drug-likeness (QED) is 0.624. The van der Waals surface area contributed by atoms with Crippen molar-refractivity contribution in [1.29, 1.82) is 0 Å². The summed E-state index contributed by atoms with van der Waals surface area (Å²) in [6, 6.07) is 11.4. The van der Waals surface area contributed by atoms with Crippen LogP contribution in [0.3, 0.4) is 0 Å². The first-order chi connectivity index (χ1) is 9.45. The molecule has 20 heavy (non-hydrogen) atoms. The highest BCUT2D eigenvalue weighted by molar-refractivity contribution is 14.1. The van der Waals surface area contributed by atoms with E-state index in [2.05, 4.69) is 51.2 Å². The molecule has 0 heterocycles. The van der Waals surface area contributed by atoms with Crippen LogP contribution in [0.15, 0.2) is 36.4 Å². The van der Waals surface area contributed by atoms with Crippen LogP contribution in [0.1, 0.15) is 12.5 Å². The molecule has 0 spiro atoms. The fourth-order valence-electron chi connectivity index (χ4n) is 1.80. The first kappa shape index (κ1) is 15.8. The molecule has 3 N–H and O–H groups in total. The third-order valence-electron chi connectivity index (χ3n) is 2.70. The van der Waals surface area contributed by atoms with Gasteiger partial charge in [0.05, 0.1) is 7.14 Å². The molecule has 0 saturated carbocycles. The van der Waals surface area contributed by atoms with Crippen LogP contribution in [0.25, 0.3) is 0 Å². The number of rotatable bonds is 4. The molecule has 0 fully saturated rings. The van der Waals surface area contributed by atoms with Crippen LogP contribution in [-0.4, -0.2) is 11.1 Å². The Labute approximate surface area is 145 Å². The maximum atomic E-state index is 9.51. The minimum Gasteiger partial charge on any atom is -0.507 e. The molecule has 0 bridgehead atoms. The molecule has 0 saturated heterocycles. The number of ether oxygens (including phenoxy) is 1. The second-order valence-electron chi connectivity index (χ2n) is 4.66. The van der Waals surface area contributed by atoms with Crippen LogP contribution in [0.4, 0.5) is 0 Å². The second-order valence-corrected chi connectivity index (χ2v) is 6.99. The van der Waals surface area contributed by atoms with Crippen LogP contribution in [-0.2, 0) is 6.42 Å². The van der Waals surface area contributed by atoms with Gasteiger partial charge in [0.25, 0.3) is 0 Å². The van der Waals surface area contributed by atoms with Gasteiger partial charge in [0.2, 0.25) is 0 Å². The Morgan fingerprint density at radius 1 is 1.15 bits per heavy atom. The summed E-state index contributed by atoms with van der Waals surface area (Å²) < 4.78 is 7.66. The Morgan fingerprint density at radius 2 is 1.90 bits per heavy atom. The molecule has 0 amide bonds. The van der Waals surface area contributed by atoms with E-state index < -0.39 is 0 Å². The minimum atomic E-state index is 0.149. The second kappa shape index (κ2) is 6.95. The largest absolute Gasteiger partial charge is 0.507 e. The molecule has 2 rings (SSSR count). The molecule has 2 aromatic carbocycles. The van der Waals surface area contributed by atoms with Crippen LogP contribution in [0.2, 0.25) is 0 Å². The highest BCUT2D eigenvalue weighted by atomic mass is 127. The Kier molecular flexibility index (Phi) is 5.50. The molecule has 0 radical (unpaired) electrons. The average molecular weight is 495 g/mol. The SMILES string of the molecule is C[C@H](N)Cc1ccc(Oc2ccc(O)c(I)c2)c(I)c1. The van der Waals surface area contributed by atoms with Gasteiger partial charge in [-0.15, -0.1) is 0 Å². The topological polar surface area (TPSA) is 55.5 Å². The summed E-state index contributed by atoms with van der Waals surface area (Å²) >= 11 is 4.33. The van der Waals surface area contributed by atoms with E-state index in [9.17, 15) is 5.11 Å². The molecule has 0 aliphatic rings. The van der Waals surface area contributed by atoms with E-state index >= 15 is 0 Å². The lowest BCUT2D eigenvalue weighted by molar-refractivity contribution is 0.459. The zero-order chi connectivity index (χ0) is 14.7. The summed E-state index contributed by atoms with van der Waals surface area (Å²) in [6.45, 7) is 2.00. The average Bonchev–Trinajstić information content (AvgIpc) is 2.36. The highest BCUT2D eigenvalue weighted by Crippen LogP contribution is 2.31. The van der Waals surface area contributed by atoms with Crippen LogP contribution >= 0.6 is 45.2 Å². The zero-order valence-corrected chi connectivity index (χ0v) is 15.3. The number of benzene rings is 2. The smallest absolute Gasteiger partial charge is 0.140 e. The summed E-state index contributed by atoms with van der Waals surface area (Å²) in [5, 5.41) is 9.51. The normalized spacial score (nSPS) is 12.2. The number of hydrogen-bond acceptors (Lipinski definition) is 3. The van der Waals surface area contributed by atoms with Gasteiger partial charge in [0.15, 0.2) is 0 Å². The molecule has 0 aliphatic carbocycles. The van der Waals surface area contributed by atoms with E-state index in [4.69, 9.17) is 10.5 Å². The first-order valence-electron chi connectivity index (χ1n) is 6.16. The van der Waals surface area contributed by atoms with Gasteiger partial charge in [-0.05, 0) is 94.4 Å². The monoisotopic (exact) mass is 495 g/mol. The Hall–Kier alpha value is -0.540. The van der Waals surface area contributed by atoms with Crippen molar-refractivity contribution >= 4 is 45.2 Å². The third-order valence-corrected chi connectivity index (χ3v) is 4.41. The zero-order valence-electron chi connectivity index (χ0n) is 10.9. The lowest BCUT2D eigenvalue weighted by atomic mass is 10.1. The van der Waals surface area contributed by atoms with Crippen LogP contribution in [0, 0.1) is 7.14 Å². The number of phenols is 1. The molecule has 3 nitrogen and oxygen atoms in total. The number of aromatic hydroxyl groups is 1. The number of phenolic OH excluding ortho intramolecular Hbond substituents is 1. The summed E-state index contributed by atoms with van der Waals surface area (Å²) in [4.78, 5) is 0. The van der Waals surface area contributed by atoms with Crippen molar-refractivity contribution in [2.24, 2.45) is 5.73 Å². The third kappa shape index (κ3) is 4.23. The number of halogens is 2. The van der Waals surface area contributed by atoms with E-state index in [1.54, 1.807) is 12.1 Å². The van der Waals surface area contributed by atoms with Gasteiger partial charge in [-0.25, -0.2) is 0 Å². The Bertz CT molecular complexity index is 615. The van der Waals surface area contributed by atoms with Gasteiger partial charge in [0.1, 0.15) is 17.2 Å². The standard InChI is InChI=1S/C15H15I2NO2/c1-9(18)6-10-2-5-15(13(17)7-10)20-11-3-4-14(19)12(16)8-11/h2-5,7-9,19H,6,18H2,1H3/t9-/m0/s1. The number of hydrogen-bond donors (Lipinski definition) is 2. The summed E-state index contributed by atoms with van der Waals surface area (Å²) in [5.41, 5.74) is 7.01. The summed E-state index contributed by atoms with van der Waals surface area (Å²) in [6.07, 6.45) is 0.855. The van der Waals surface area contributed by atoms with E-state index in [-0.39, 0.29) is 11.8 Å². The molecule has 0 aliphatic heterocycles. The lowest BCUT2D eigenvalue weighted by Gasteiger charge is -2.11. The van der Waals surface area contributed by atoms with Crippen molar-refractivity contribution < 1.29 is 9.84 Å². The fourth-order valence-corrected chi connectivity index (χ4v) is 2.98. The van der Waals surface area contributed by atoms with E-state index in [0.29, 0.717) is 5.75 Å². The fraction of sp³-hybridized carbons (Fsp3) is 0.200.